The minimum atomic E-state index is -0.978. The van der Waals surface area contributed by atoms with E-state index in [0.717, 1.165) is 50.3 Å². The number of rotatable bonds is 10. The van der Waals surface area contributed by atoms with Gasteiger partial charge in [0, 0.05) is 30.2 Å². The number of carbonyl (C=O) groups is 2. The molecule has 1 saturated carbocycles. The number of H-pyrrole nitrogens is 1. The van der Waals surface area contributed by atoms with E-state index in [1.807, 2.05) is 0 Å². The van der Waals surface area contributed by atoms with E-state index in [1.54, 1.807) is 0 Å². The topological polar surface area (TPSA) is 96.1 Å². The lowest BCUT2D eigenvalue weighted by Crippen LogP contribution is -2.43. The molecule has 3 N–H and O–H groups in total. The molecule has 37 heavy (non-hydrogen) atoms. The Morgan fingerprint density at radius 1 is 1.03 bits per heavy atom. The summed E-state index contributed by atoms with van der Waals surface area (Å²) in [4.78, 5) is 32.5. The van der Waals surface area contributed by atoms with Gasteiger partial charge in [-0.05, 0) is 37.8 Å². The SMILES string of the molecule is O=C(COc1ccc(Cl)c(F)c1)NCCCC1(C(=O)NCc2nc3cc(F)c(F)cc3[nH]2)CCCCC1. The molecule has 11 heteroatoms. The summed E-state index contributed by atoms with van der Waals surface area (Å²) >= 11 is 5.64. The first-order valence-corrected chi connectivity index (χ1v) is 12.6. The van der Waals surface area contributed by atoms with E-state index >= 15 is 0 Å². The molecule has 1 fully saturated rings. The van der Waals surface area contributed by atoms with Crippen LogP contribution in [-0.4, -0.2) is 34.9 Å². The molecule has 0 bridgehead atoms. The normalized spacial score (nSPS) is 14.9. The van der Waals surface area contributed by atoms with E-state index in [4.69, 9.17) is 16.3 Å². The van der Waals surface area contributed by atoms with Crippen LogP contribution in [0.5, 0.6) is 5.75 Å². The van der Waals surface area contributed by atoms with Crippen molar-refractivity contribution in [2.24, 2.45) is 5.41 Å². The fraction of sp³-hybridized carbons (Fsp3) is 0.423. The average molecular weight is 537 g/mol. The van der Waals surface area contributed by atoms with Gasteiger partial charge in [-0.1, -0.05) is 30.9 Å². The predicted octanol–water partition coefficient (Wildman–Crippen LogP) is 5.18. The Morgan fingerprint density at radius 3 is 2.54 bits per heavy atom. The molecule has 1 aromatic heterocycles. The second-order valence-corrected chi connectivity index (χ2v) is 9.72. The van der Waals surface area contributed by atoms with Crippen LogP contribution in [0.4, 0.5) is 13.2 Å². The zero-order chi connectivity index (χ0) is 26.4. The van der Waals surface area contributed by atoms with Crippen LogP contribution in [0.3, 0.4) is 0 Å². The minimum Gasteiger partial charge on any atom is -0.484 e. The molecule has 198 valence electrons. The molecule has 1 heterocycles. The predicted molar refractivity (Wildman–Crippen MR) is 133 cm³/mol. The number of nitrogens with one attached hydrogen (secondary N) is 3. The van der Waals surface area contributed by atoms with Crippen molar-refractivity contribution in [3.8, 4) is 5.75 Å². The highest BCUT2D eigenvalue weighted by Gasteiger charge is 2.38. The summed E-state index contributed by atoms with van der Waals surface area (Å²) in [7, 11) is 0. The third-order valence-electron chi connectivity index (χ3n) is 6.70. The number of ether oxygens (including phenoxy) is 1. The number of hydrogen-bond acceptors (Lipinski definition) is 4. The summed E-state index contributed by atoms with van der Waals surface area (Å²) < 4.78 is 45.7. The van der Waals surface area contributed by atoms with Gasteiger partial charge in [-0.25, -0.2) is 18.2 Å². The summed E-state index contributed by atoms with van der Waals surface area (Å²) in [5.41, 5.74) is 0.0951. The van der Waals surface area contributed by atoms with Gasteiger partial charge in [0.2, 0.25) is 5.91 Å². The zero-order valence-corrected chi connectivity index (χ0v) is 20.9. The van der Waals surface area contributed by atoms with Gasteiger partial charge in [-0.15, -0.1) is 0 Å². The summed E-state index contributed by atoms with van der Waals surface area (Å²) in [5, 5.41) is 5.67. The van der Waals surface area contributed by atoms with Gasteiger partial charge in [-0.3, -0.25) is 9.59 Å². The van der Waals surface area contributed by atoms with Gasteiger partial charge in [-0.2, -0.15) is 0 Å². The van der Waals surface area contributed by atoms with Crippen LogP contribution in [-0.2, 0) is 16.1 Å². The molecule has 0 saturated heterocycles. The zero-order valence-electron chi connectivity index (χ0n) is 20.1. The first kappa shape index (κ1) is 26.8. The van der Waals surface area contributed by atoms with Gasteiger partial charge in [0.1, 0.15) is 17.4 Å². The standard InChI is InChI=1S/C26H28ClF3N4O3/c27-17-6-5-16(11-18(17)28)37-15-24(35)31-10-4-9-26(7-2-1-3-8-26)25(36)32-14-23-33-21-12-19(29)20(30)13-22(21)34-23/h5-6,11-13H,1-4,7-10,14-15H2,(H,31,35)(H,32,36)(H,33,34). The van der Waals surface area contributed by atoms with Crippen LogP contribution in [0.25, 0.3) is 11.0 Å². The lowest BCUT2D eigenvalue weighted by atomic mass is 9.70. The molecule has 7 nitrogen and oxygen atoms in total. The molecule has 0 aliphatic heterocycles. The molecule has 4 rings (SSSR count). The maximum atomic E-state index is 13.5. The van der Waals surface area contributed by atoms with Crippen LogP contribution in [0.15, 0.2) is 30.3 Å². The van der Waals surface area contributed by atoms with Crippen molar-refractivity contribution in [3.63, 3.8) is 0 Å². The van der Waals surface area contributed by atoms with Crippen LogP contribution in [0.2, 0.25) is 5.02 Å². The van der Waals surface area contributed by atoms with Gasteiger partial charge in [0.15, 0.2) is 18.2 Å². The molecule has 0 radical (unpaired) electrons. The van der Waals surface area contributed by atoms with Gasteiger partial charge in [0.25, 0.3) is 5.91 Å². The Hall–Kier alpha value is -3.27. The third-order valence-corrected chi connectivity index (χ3v) is 7.00. The van der Waals surface area contributed by atoms with Crippen molar-refractivity contribution >= 4 is 34.4 Å². The van der Waals surface area contributed by atoms with Crippen molar-refractivity contribution in [3.05, 3.63) is 58.6 Å². The van der Waals surface area contributed by atoms with E-state index in [0.29, 0.717) is 30.7 Å². The van der Waals surface area contributed by atoms with Gasteiger partial charge in [0.05, 0.1) is 22.6 Å². The second-order valence-electron chi connectivity index (χ2n) is 9.31. The quantitative estimate of drug-likeness (QED) is 0.311. The number of halogens is 4. The number of hydrogen-bond donors (Lipinski definition) is 3. The Bertz CT molecular complexity index is 1240. The highest BCUT2D eigenvalue weighted by atomic mass is 35.5. The number of amides is 2. The summed E-state index contributed by atoms with van der Waals surface area (Å²) in [6.07, 6.45) is 5.62. The van der Waals surface area contributed by atoms with Crippen LogP contribution in [0.1, 0.15) is 50.8 Å². The summed E-state index contributed by atoms with van der Waals surface area (Å²) in [5.74, 6) is -2.40. The summed E-state index contributed by atoms with van der Waals surface area (Å²) in [6.45, 7) is 0.211. The number of carbonyl (C=O) groups excluding carboxylic acids is 2. The van der Waals surface area contributed by atoms with Gasteiger partial charge < -0.3 is 20.4 Å². The second kappa shape index (κ2) is 11.9. The third kappa shape index (κ3) is 6.74. The lowest BCUT2D eigenvalue weighted by molar-refractivity contribution is -0.133. The molecule has 0 spiro atoms. The number of aromatic amines is 1. The highest BCUT2D eigenvalue weighted by Crippen LogP contribution is 2.40. The molecule has 2 amide bonds. The Morgan fingerprint density at radius 2 is 1.78 bits per heavy atom. The van der Waals surface area contributed by atoms with Crippen molar-refractivity contribution in [1.29, 1.82) is 0 Å². The van der Waals surface area contributed by atoms with Crippen molar-refractivity contribution in [1.82, 2.24) is 20.6 Å². The fourth-order valence-corrected chi connectivity index (χ4v) is 4.85. The molecule has 3 aromatic rings. The average Bonchev–Trinajstić information content (AvgIpc) is 3.28. The van der Waals surface area contributed by atoms with Crippen molar-refractivity contribution < 1.29 is 27.5 Å². The first-order valence-electron chi connectivity index (χ1n) is 12.2. The van der Waals surface area contributed by atoms with Crippen molar-refractivity contribution in [2.75, 3.05) is 13.2 Å². The Labute approximate surface area is 217 Å². The van der Waals surface area contributed by atoms with E-state index in [1.165, 1.54) is 12.1 Å². The van der Waals surface area contributed by atoms with Gasteiger partial charge >= 0.3 is 0 Å². The Kier molecular flexibility index (Phi) is 8.58. The maximum absolute atomic E-state index is 13.5. The summed E-state index contributed by atoms with van der Waals surface area (Å²) in [6, 6.07) is 6.00. The molecule has 2 aromatic carbocycles. The van der Waals surface area contributed by atoms with E-state index in [2.05, 4.69) is 20.6 Å². The fourth-order valence-electron chi connectivity index (χ4n) is 4.73. The largest absolute Gasteiger partial charge is 0.484 e. The number of aromatic nitrogens is 2. The number of nitrogens with zero attached hydrogens (tertiary/aromatic N) is 1. The molecular weight excluding hydrogens is 509 g/mol. The Balaban J connectivity index is 1.26. The van der Waals surface area contributed by atoms with E-state index < -0.39 is 22.9 Å². The van der Waals surface area contributed by atoms with E-state index in [9.17, 15) is 22.8 Å². The molecule has 1 aliphatic carbocycles. The number of benzene rings is 2. The molecular formula is C26H28ClF3N4O3. The van der Waals surface area contributed by atoms with Crippen molar-refractivity contribution in [2.45, 2.75) is 51.5 Å². The first-order chi connectivity index (χ1) is 17.8. The van der Waals surface area contributed by atoms with Crippen LogP contribution >= 0.6 is 11.6 Å². The highest BCUT2D eigenvalue weighted by molar-refractivity contribution is 6.30. The monoisotopic (exact) mass is 536 g/mol. The number of fused-ring (bicyclic) bond motifs is 1. The van der Waals surface area contributed by atoms with E-state index in [-0.39, 0.29) is 41.3 Å². The molecule has 0 atom stereocenters. The minimum absolute atomic E-state index is 0.0270. The maximum Gasteiger partial charge on any atom is 0.257 e. The molecule has 1 aliphatic rings. The molecule has 0 unspecified atom stereocenters. The van der Waals surface area contributed by atoms with Crippen LogP contribution < -0.4 is 15.4 Å². The smallest absolute Gasteiger partial charge is 0.257 e. The van der Waals surface area contributed by atoms with Crippen LogP contribution in [0, 0.1) is 22.9 Å². The number of imidazole rings is 1. The lowest BCUT2D eigenvalue weighted by Gasteiger charge is -2.36.